The average molecular weight is 428 g/mol. The smallest absolute Gasteiger partial charge is 0.249 e. The van der Waals surface area contributed by atoms with Crippen LogP contribution in [0.3, 0.4) is 0 Å². The fraction of sp³-hybridized carbons (Fsp3) is 0.148. The van der Waals surface area contributed by atoms with Gasteiger partial charge in [0.25, 0.3) is 0 Å². The molecule has 2 N–H and O–H groups in total. The van der Waals surface area contributed by atoms with E-state index in [0.717, 1.165) is 33.2 Å². The number of aryl methyl sites for hydroxylation is 1. The summed E-state index contributed by atoms with van der Waals surface area (Å²) < 4.78 is 17.2. The summed E-state index contributed by atoms with van der Waals surface area (Å²) in [7, 11) is 1.67. The molecule has 5 nitrogen and oxygen atoms in total. The third kappa shape index (κ3) is 4.83. The lowest BCUT2D eigenvalue weighted by Crippen LogP contribution is -2.16. The summed E-state index contributed by atoms with van der Waals surface area (Å²) >= 11 is 0. The summed E-state index contributed by atoms with van der Waals surface area (Å²) in [5.74, 6) is 1.75. The van der Waals surface area contributed by atoms with Crippen molar-refractivity contribution >= 4 is 16.7 Å². The van der Waals surface area contributed by atoms with E-state index in [4.69, 9.17) is 19.9 Å². The van der Waals surface area contributed by atoms with Crippen LogP contribution < -0.4 is 19.9 Å². The lowest BCUT2D eigenvalue weighted by Gasteiger charge is -2.13. The second-order valence-electron chi connectivity index (χ2n) is 7.57. The van der Waals surface area contributed by atoms with Crippen LogP contribution in [-0.2, 0) is 13.2 Å². The maximum Gasteiger partial charge on any atom is 0.249 e. The average Bonchev–Trinajstić information content (AvgIpc) is 2.81. The van der Waals surface area contributed by atoms with Gasteiger partial charge in [-0.1, -0.05) is 42.5 Å². The van der Waals surface area contributed by atoms with Crippen LogP contribution in [0.15, 0.2) is 78.9 Å². The summed E-state index contributed by atoms with van der Waals surface area (Å²) in [5, 5.41) is 2.25. The predicted molar refractivity (Wildman–Crippen MR) is 125 cm³/mol. The van der Waals surface area contributed by atoms with Gasteiger partial charge in [-0.05, 0) is 59.2 Å². The van der Waals surface area contributed by atoms with E-state index in [2.05, 4.69) is 12.1 Å². The van der Waals surface area contributed by atoms with Crippen molar-refractivity contribution in [2.45, 2.75) is 20.1 Å². The second kappa shape index (κ2) is 9.43. The Morgan fingerprint density at radius 1 is 0.781 bits per heavy atom. The topological polar surface area (TPSA) is 70.8 Å². The van der Waals surface area contributed by atoms with Crippen molar-refractivity contribution in [1.29, 1.82) is 0 Å². The Balaban J connectivity index is 1.42. The molecule has 162 valence electrons. The van der Waals surface area contributed by atoms with Crippen LogP contribution in [0.5, 0.6) is 17.2 Å². The molecule has 0 aliphatic rings. The van der Waals surface area contributed by atoms with Gasteiger partial charge in [-0.15, -0.1) is 0 Å². The van der Waals surface area contributed by atoms with Crippen molar-refractivity contribution in [3.05, 3.63) is 101 Å². The number of carbonyl (C=O) groups is 1. The molecule has 0 fully saturated rings. The number of benzene rings is 4. The zero-order chi connectivity index (χ0) is 22.5. The van der Waals surface area contributed by atoms with Crippen LogP contribution in [0.4, 0.5) is 0 Å². The predicted octanol–water partition coefficient (Wildman–Crippen LogP) is 5.41. The first-order chi connectivity index (χ1) is 15.5. The van der Waals surface area contributed by atoms with Crippen molar-refractivity contribution in [1.82, 2.24) is 0 Å². The Kier molecular flexibility index (Phi) is 6.26. The molecule has 32 heavy (non-hydrogen) atoms. The molecule has 0 heterocycles. The zero-order valence-corrected chi connectivity index (χ0v) is 18.1. The van der Waals surface area contributed by atoms with Gasteiger partial charge in [-0.3, -0.25) is 4.79 Å². The quantitative estimate of drug-likeness (QED) is 0.408. The van der Waals surface area contributed by atoms with E-state index in [9.17, 15) is 4.79 Å². The molecule has 0 spiro atoms. The molecule has 0 atom stereocenters. The Morgan fingerprint density at radius 2 is 1.47 bits per heavy atom. The number of primary amides is 1. The number of hydrogen-bond acceptors (Lipinski definition) is 4. The maximum atomic E-state index is 11.8. The molecule has 0 aromatic heterocycles. The van der Waals surface area contributed by atoms with E-state index in [-0.39, 0.29) is 6.61 Å². The largest absolute Gasteiger partial charge is 0.497 e. The molecule has 0 aliphatic heterocycles. The molecular formula is C27H25NO4. The minimum Gasteiger partial charge on any atom is -0.497 e. The number of ether oxygens (including phenoxy) is 3. The Hall–Kier alpha value is -3.99. The molecule has 4 aromatic carbocycles. The van der Waals surface area contributed by atoms with Crippen molar-refractivity contribution in [3.8, 4) is 17.2 Å². The highest BCUT2D eigenvalue weighted by Crippen LogP contribution is 2.25. The van der Waals surface area contributed by atoms with Crippen LogP contribution in [0, 0.1) is 6.92 Å². The Bertz CT molecular complexity index is 1270. The highest BCUT2D eigenvalue weighted by molar-refractivity contribution is 5.95. The van der Waals surface area contributed by atoms with Gasteiger partial charge in [0.1, 0.15) is 30.5 Å². The summed E-state index contributed by atoms with van der Waals surface area (Å²) in [4.78, 5) is 11.8. The first kappa shape index (κ1) is 21.2. The minimum absolute atomic E-state index is 0.248. The molecule has 5 heteroatoms. The third-order valence-electron chi connectivity index (χ3n) is 5.32. The van der Waals surface area contributed by atoms with Crippen LogP contribution in [0.25, 0.3) is 10.8 Å². The number of hydrogen-bond donors (Lipinski definition) is 1. The van der Waals surface area contributed by atoms with Crippen LogP contribution in [0.1, 0.15) is 27.0 Å². The van der Waals surface area contributed by atoms with Gasteiger partial charge in [0.05, 0.1) is 7.11 Å². The summed E-state index contributed by atoms with van der Waals surface area (Å²) in [5.41, 5.74) is 8.71. The van der Waals surface area contributed by atoms with E-state index >= 15 is 0 Å². The number of carbonyl (C=O) groups excluding carboxylic acids is 1. The number of fused-ring (bicyclic) bond motifs is 1. The molecule has 0 bridgehead atoms. The first-order valence-electron chi connectivity index (χ1n) is 10.3. The molecular weight excluding hydrogens is 402 g/mol. The van der Waals surface area contributed by atoms with Crippen LogP contribution >= 0.6 is 0 Å². The molecule has 1 amide bonds. The van der Waals surface area contributed by atoms with E-state index < -0.39 is 5.91 Å². The maximum absolute atomic E-state index is 11.8. The highest BCUT2D eigenvalue weighted by atomic mass is 16.5. The molecule has 0 radical (unpaired) electrons. The second-order valence-corrected chi connectivity index (χ2v) is 7.57. The fourth-order valence-corrected chi connectivity index (χ4v) is 3.67. The highest BCUT2D eigenvalue weighted by Gasteiger charge is 2.11. The van der Waals surface area contributed by atoms with Gasteiger partial charge in [-0.25, -0.2) is 0 Å². The molecule has 0 aliphatic carbocycles. The van der Waals surface area contributed by atoms with Crippen molar-refractivity contribution in [2.75, 3.05) is 7.11 Å². The lowest BCUT2D eigenvalue weighted by molar-refractivity contribution is 0.0997. The standard InChI is InChI=1S/C27H25NO4/c1-18-5-3-6-22(26(18)27(28)29)17-32-25-8-4-7-24(15-25)31-16-19-9-10-21-14-23(30-2)12-11-20(21)13-19/h3-15H,16-17H2,1-2H3,(H2,28,29). The lowest BCUT2D eigenvalue weighted by atomic mass is 10.0. The fourth-order valence-electron chi connectivity index (χ4n) is 3.67. The Morgan fingerprint density at radius 3 is 2.22 bits per heavy atom. The summed E-state index contributed by atoms with van der Waals surface area (Å²) in [6.07, 6.45) is 0. The van der Waals surface area contributed by atoms with Crippen molar-refractivity contribution < 1.29 is 19.0 Å². The summed E-state index contributed by atoms with van der Waals surface area (Å²) in [6, 6.07) is 25.3. The number of rotatable bonds is 8. The number of methoxy groups -OCH3 is 1. The Labute approximate surface area is 187 Å². The molecule has 4 aromatic rings. The summed E-state index contributed by atoms with van der Waals surface area (Å²) in [6.45, 7) is 2.55. The van der Waals surface area contributed by atoms with Crippen LogP contribution in [0.2, 0.25) is 0 Å². The normalized spacial score (nSPS) is 10.7. The van der Waals surface area contributed by atoms with Crippen molar-refractivity contribution in [3.63, 3.8) is 0 Å². The number of nitrogens with two attached hydrogens (primary N) is 1. The first-order valence-corrected chi connectivity index (χ1v) is 10.3. The van der Waals surface area contributed by atoms with Crippen LogP contribution in [-0.4, -0.2) is 13.0 Å². The van der Waals surface area contributed by atoms with E-state index in [1.807, 2.05) is 73.7 Å². The zero-order valence-electron chi connectivity index (χ0n) is 18.1. The molecule has 0 unspecified atom stereocenters. The van der Waals surface area contributed by atoms with E-state index in [1.165, 1.54) is 0 Å². The van der Waals surface area contributed by atoms with Gasteiger partial charge in [0, 0.05) is 17.2 Å². The molecule has 0 saturated carbocycles. The van der Waals surface area contributed by atoms with Gasteiger partial charge in [0.15, 0.2) is 0 Å². The van der Waals surface area contributed by atoms with Gasteiger partial charge in [-0.2, -0.15) is 0 Å². The van der Waals surface area contributed by atoms with Gasteiger partial charge >= 0.3 is 0 Å². The monoisotopic (exact) mass is 427 g/mol. The molecule has 0 saturated heterocycles. The van der Waals surface area contributed by atoms with Gasteiger partial charge < -0.3 is 19.9 Å². The van der Waals surface area contributed by atoms with E-state index in [1.54, 1.807) is 7.11 Å². The van der Waals surface area contributed by atoms with Gasteiger partial charge in [0.2, 0.25) is 5.91 Å². The molecule has 4 rings (SSSR count). The third-order valence-corrected chi connectivity index (χ3v) is 5.32. The SMILES string of the molecule is COc1ccc2cc(COc3cccc(OCc4cccc(C)c4C(N)=O)c3)ccc2c1. The van der Waals surface area contributed by atoms with Crippen molar-refractivity contribution in [2.24, 2.45) is 5.73 Å². The minimum atomic E-state index is -0.451. The number of amides is 1. The van der Waals surface area contributed by atoms with E-state index in [0.29, 0.717) is 23.7 Å².